The minimum atomic E-state index is -4.99. The van der Waals surface area contributed by atoms with Gasteiger partial charge in [-0.2, -0.15) is 31.6 Å². The molecule has 2 aromatic rings. The van der Waals surface area contributed by atoms with Crippen molar-refractivity contribution in [3.63, 3.8) is 0 Å². The lowest BCUT2D eigenvalue weighted by atomic mass is 9.76. The maximum atomic E-state index is 14.0. The Bertz CT molecular complexity index is 1040. The van der Waals surface area contributed by atoms with E-state index in [-0.39, 0.29) is 16.8 Å². The van der Waals surface area contributed by atoms with Crippen LogP contribution in [-0.4, -0.2) is 23.4 Å². The molecule has 0 fully saturated rings. The lowest BCUT2D eigenvalue weighted by Crippen LogP contribution is -2.44. The van der Waals surface area contributed by atoms with Gasteiger partial charge in [0.05, 0.1) is 12.1 Å². The summed E-state index contributed by atoms with van der Waals surface area (Å²) >= 11 is 5.56. The summed E-state index contributed by atoms with van der Waals surface area (Å²) in [5.74, 6) is -0.854. The number of nitrogens with zero attached hydrogens (tertiary/aromatic N) is 3. The zero-order valence-corrected chi connectivity index (χ0v) is 14.9. The topological polar surface area (TPSA) is 49.0 Å². The summed E-state index contributed by atoms with van der Waals surface area (Å²) < 4.78 is 94.6. The minimum absolute atomic E-state index is 0.0743. The molecule has 1 aromatic heterocycles. The average Bonchev–Trinajstić information content (AvgIpc) is 3.07. The molecule has 0 bridgehead atoms. The van der Waals surface area contributed by atoms with Crippen LogP contribution in [0.25, 0.3) is 0 Å². The van der Waals surface area contributed by atoms with E-state index in [1.165, 1.54) is 0 Å². The van der Waals surface area contributed by atoms with Gasteiger partial charge in [0.25, 0.3) is 0 Å². The summed E-state index contributed by atoms with van der Waals surface area (Å²) in [4.78, 5) is 6.91. The molecule has 1 unspecified atom stereocenters. The third kappa shape index (κ3) is 3.79. The van der Waals surface area contributed by atoms with Crippen LogP contribution < -0.4 is 0 Å². The van der Waals surface area contributed by atoms with Gasteiger partial charge in [-0.05, 0) is 35.4 Å². The van der Waals surface area contributed by atoms with Gasteiger partial charge in [0.15, 0.2) is 0 Å². The first-order valence-corrected chi connectivity index (χ1v) is 8.30. The summed E-state index contributed by atoms with van der Waals surface area (Å²) in [5.41, 5.74) is -5.47. The molecule has 1 aromatic carbocycles. The maximum absolute atomic E-state index is 14.0. The quantitative estimate of drug-likeness (QED) is 0.465. The van der Waals surface area contributed by atoms with Crippen LogP contribution in [0.3, 0.4) is 0 Å². The number of halogens is 8. The summed E-state index contributed by atoms with van der Waals surface area (Å²) in [6, 6.07) is 5.72. The van der Waals surface area contributed by atoms with Crippen molar-refractivity contribution in [2.45, 2.75) is 24.2 Å². The number of alkyl halides is 6. The molecular weight excluding hydrogens is 427 g/mol. The van der Waals surface area contributed by atoms with E-state index < -0.39 is 53.0 Å². The standard InChI is InChI=1S/C18H9ClF7N3/c19-15-5-11(4-14(29-15)17(21,22)23)16(18(24,25)26)6-13(28-8-16)9-1-2-12(20)10(3-9)7-27/h1-5H,6,8H2. The van der Waals surface area contributed by atoms with Crippen LogP contribution in [-0.2, 0) is 11.6 Å². The third-order valence-corrected chi connectivity index (χ3v) is 4.80. The Labute approximate surface area is 164 Å². The van der Waals surface area contributed by atoms with Crippen molar-refractivity contribution in [2.24, 2.45) is 4.99 Å². The van der Waals surface area contributed by atoms with E-state index in [9.17, 15) is 30.7 Å². The number of pyridine rings is 1. The van der Waals surface area contributed by atoms with E-state index in [4.69, 9.17) is 16.9 Å². The highest BCUT2D eigenvalue weighted by molar-refractivity contribution is 6.29. The summed E-state index contributed by atoms with van der Waals surface area (Å²) in [6.07, 6.45) is -10.8. The Kier molecular flexibility index (Phi) is 5.07. The van der Waals surface area contributed by atoms with Crippen molar-refractivity contribution >= 4 is 17.3 Å². The summed E-state index contributed by atoms with van der Waals surface area (Å²) in [7, 11) is 0. The molecule has 1 aliphatic rings. The van der Waals surface area contributed by atoms with Gasteiger partial charge in [0, 0.05) is 12.1 Å². The van der Waals surface area contributed by atoms with Crippen molar-refractivity contribution in [2.75, 3.05) is 6.54 Å². The Morgan fingerprint density at radius 1 is 1.07 bits per heavy atom. The van der Waals surface area contributed by atoms with E-state index in [1.807, 2.05) is 0 Å². The van der Waals surface area contributed by atoms with E-state index in [2.05, 4.69) is 9.98 Å². The predicted octanol–water partition coefficient (Wildman–Crippen LogP) is 5.46. The van der Waals surface area contributed by atoms with Crippen LogP contribution in [0.2, 0.25) is 5.15 Å². The van der Waals surface area contributed by atoms with Gasteiger partial charge >= 0.3 is 12.4 Å². The average molecular weight is 436 g/mol. The van der Waals surface area contributed by atoms with Crippen molar-refractivity contribution in [1.82, 2.24) is 4.98 Å². The second kappa shape index (κ2) is 6.99. The highest BCUT2D eigenvalue weighted by atomic mass is 35.5. The van der Waals surface area contributed by atoms with Gasteiger partial charge in [-0.3, -0.25) is 4.99 Å². The van der Waals surface area contributed by atoms with Crippen LogP contribution in [0.4, 0.5) is 30.7 Å². The van der Waals surface area contributed by atoms with Gasteiger partial charge in [0.1, 0.15) is 28.1 Å². The van der Waals surface area contributed by atoms with Crippen LogP contribution in [0, 0.1) is 17.1 Å². The zero-order valence-electron chi connectivity index (χ0n) is 14.2. The fourth-order valence-corrected chi connectivity index (χ4v) is 3.29. The van der Waals surface area contributed by atoms with Crippen LogP contribution in [0.15, 0.2) is 35.3 Å². The molecule has 0 aliphatic carbocycles. The van der Waals surface area contributed by atoms with Crippen molar-refractivity contribution in [1.29, 1.82) is 5.26 Å². The fraction of sp³-hybridized carbons (Fsp3) is 0.278. The van der Waals surface area contributed by atoms with Gasteiger partial charge in [-0.15, -0.1) is 0 Å². The smallest absolute Gasteiger partial charge is 0.288 e. The van der Waals surface area contributed by atoms with Crippen LogP contribution >= 0.6 is 11.6 Å². The molecule has 1 aliphatic heterocycles. The predicted molar refractivity (Wildman–Crippen MR) is 89.1 cm³/mol. The third-order valence-electron chi connectivity index (χ3n) is 4.61. The Hall–Kier alpha value is -2.67. The first kappa shape index (κ1) is 21.0. The molecular formula is C18H9ClF7N3. The molecule has 0 radical (unpaired) electrons. The first-order chi connectivity index (χ1) is 13.4. The van der Waals surface area contributed by atoms with Gasteiger partial charge in [0.2, 0.25) is 0 Å². The lowest BCUT2D eigenvalue weighted by Gasteiger charge is -2.32. The Morgan fingerprint density at radius 2 is 1.76 bits per heavy atom. The molecule has 3 rings (SSSR count). The molecule has 0 amide bonds. The largest absolute Gasteiger partial charge is 0.433 e. The van der Waals surface area contributed by atoms with Gasteiger partial charge in [-0.1, -0.05) is 17.7 Å². The van der Waals surface area contributed by atoms with Gasteiger partial charge < -0.3 is 0 Å². The number of aromatic nitrogens is 1. The summed E-state index contributed by atoms with van der Waals surface area (Å²) in [6.45, 7) is -0.886. The Morgan fingerprint density at radius 3 is 2.34 bits per heavy atom. The molecule has 1 atom stereocenters. The molecule has 152 valence electrons. The first-order valence-electron chi connectivity index (χ1n) is 7.93. The SMILES string of the molecule is N#Cc1cc(C2=NCC(c3cc(Cl)nc(C(F)(F)F)c3)(C(F)(F)F)C2)ccc1F. The number of hydrogen-bond acceptors (Lipinski definition) is 3. The minimum Gasteiger partial charge on any atom is -0.288 e. The molecule has 29 heavy (non-hydrogen) atoms. The molecule has 3 nitrogen and oxygen atoms in total. The van der Waals surface area contributed by atoms with E-state index >= 15 is 0 Å². The number of nitriles is 1. The van der Waals surface area contributed by atoms with E-state index in [1.54, 1.807) is 6.07 Å². The Balaban J connectivity index is 2.09. The monoisotopic (exact) mass is 435 g/mol. The molecule has 0 spiro atoms. The molecule has 2 heterocycles. The second-order valence-electron chi connectivity index (χ2n) is 6.39. The molecule has 0 saturated heterocycles. The zero-order chi connectivity index (χ0) is 21.6. The number of benzene rings is 1. The number of aliphatic imine (C=N–C) groups is 1. The van der Waals surface area contributed by atoms with Crippen LogP contribution in [0.1, 0.15) is 28.8 Å². The molecule has 11 heteroatoms. The number of hydrogen-bond donors (Lipinski definition) is 0. The van der Waals surface area contributed by atoms with Crippen molar-refractivity contribution < 1.29 is 30.7 Å². The van der Waals surface area contributed by atoms with E-state index in [0.717, 1.165) is 24.3 Å². The summed E-state index contributed by atoms with van der Waals surface area (Å²) in [5, 5.41) is 8.16. The highest BCUT2D eigenvalue weighted by Crippen LogP contribution is 2.49. The molecule has 0 N–H and O–H groups in total. The normalized spacial score (nSPS) is 19.8. The molecule has 0 saturated carbocycles. The van der Waals surface area contributed by atoms with Crippen LogP contribution in [0.5, 0.6) is 0 Å². The lowest BCUT2D eigenvalue weighted by molar-refractivity contribution is -0.184. The van der Waals surface area contributed by atoms with Gasteiger partial charge in [-0.25, -0.2) is 9.37 Å². The van der Waals surface area contributed by atoms with E-state index in [0.29, 0.717) is 6.07 Å². The fourth-order valence-electron chi connectivity index (χ4n) is 3.08. The second-order valence-corrected chi connectivity index (χ2v) is 6.77. The van der Waals surface area contributed by atoms with Crippen molar-refractivity contribution in [3.8, 4) is 6.07 Å². The maximum Gasteiger partial charge on any atom is 0.433 e. The number of rotatable bonds is 2. The highest BCUT2D eigenvalue weighted by Gasteiger charge is 2.59. The van der Waals surface area contributed by atoms with Crippen molar-refractivity contribution in [3.05, 3.63) is 63.7 Å².